The molecule has 0 radical (unpaired) electrons. The van der Waals surface area contributed by atoms with Gasteiger partial charge in [0.2, 0.25) is 5.91 Å². The fraction of sp³-hybridized carbons (Fsp3) is 0.500. The number of aliphatic carboxylic acids is 1. The smallest absolute Gasteiger partial charge is 0.303 e. The van der Waals surface area contributed by atoms with Gasteiger partial charge < -0.3 is 10.4 Å². The molecule has 0 unspecified atom stereocenters. The van der Waals surface area contributed by atoms with Gasteiger partial charge in [-0.1, -0.05) is 24.4 Å². The van der Waals surface area contributed by atoms with Crippen LogP contribution in [0.1, 0.15) is 38.5 Å². The second kappa shape index (κ2) is 6.22. The third kappa shape index (κ3) is 3.70. The van der Waals surface area contributed by atoms with Gasteiger partial charge in [0.05, 0.1) is 11.4 Å². The van der Waals surface area contributed by atoms with Gasteiger partial charge in [-0.15, -0.1) is 0 Å². The highest BCUT2D eigenvalue weighted by atomic mass is 35.5. The summed E-state index contributed by atoms with van der Waals surface area (Å²) in [4.78, 5) is 27.1. The Balaban J connectivity index is 2.02. The number of carbonyl (C=O) groups is 2. The Labute approximate surface area is 122 Å². The lowest BCUT2D eigenvalue weighted by Gasteiger charge is -2.26. The molecule has 1 heterocycles. The zero-order valence-electron chi connectivity index (χ0n) is 11.1. The van der Waals surface area contributed by atoms with Crippen molar-refractivity contribution in [3.8, 4) is 0 Å². The van der Waals surface area contributed by atoms with E-state index in [1.165, 1.54) is 0 Å². The van der Waals surface area contributed by atoms with Crippen molar-refractivity contribution in [1.82, 2.24) is 4.98 Å². The van der Waals surface area contributed by atoms with E-state index in [1.54, 1.807) is 18.3 Å². The maximum Gasteiger partial charge on any atom is 0.303 e. The van der Waals surface area contributed by atoms with E-state index < -0.39 is 11.4 Å². The van der Waals surface area contributed by atoms with Gasteiger partial charge in [0.15, 0.2) is 5.82 Å². The lowest BCUT2D eigenvalue weighted by atomic mass is 9.79. The normalized spacial score (nSPS) is 16.9. The molecule has 0 saturated heterocycles. The quantitative estimate of drug-likeness (QED) is 0.875. The summed E-state index contributed by atoms with van der Waals surface area (Å²) in [6, 6.07) is 3.33. The van der Waals surface area contributed by atoms with Crippen LogP contribution in [0, 0.1) is 5.41 Å². The van der Waals surface area contributed by atoms with Crippen molar-refractivity contribution in [1.29, 1.82) is 0 Å². The molecule has 0 bridgehead atoms. The molecule has 6 heteroatoms. The minimum Gasteiger partial charge on any atom is -0.481 e. The third-order valence-corrected chi connectivity index (χ3v) is 4.05. The first-order valence-electron chi connectivity index (χ1n) is 6.63. The number of nitrogens with zero attached hydrogens (tertiary/aromatic N) is 1. The monoisotopic (exact) mass is 296 g/mol. The molecule has 2 N–H and O–H groups in total. The van der Waals surface area contributed by atoms with Crippen LogP contribution < -0.4 is 5.32 Å². The molecule has 2 rings (SSSR count). The fourth-order valence-electron chi connectivity index (χ4n) is 2.86. The zero-order valence-corrected chi connectivity index (χ0v) is 11.8. The van der Waals surface area contributed by atoms with Gasteiger partial charge in [0, 0.05) is 12.6 Å². The molecular weight excluding hydrogens is 280 g/mol. The highest BCUT2D eigenvalue weighted by Crippen LogP contribution is 2.44. The molecule has 108 valence electrons. The van der Waals surface area contributed by atoms with Crippen molar-refractivity contribution in [2.24, 2.45) is 5.41 Å². The van der Waals surface area contributed by atoms with Crippen molar-refractivity contribution in [2.75, 3.05) is 5.32 Å². The fourth-order valence-corrected chi connectivity index (χ4v) is 3.03. The highest BCUT2D eigenvalue weighted by molar-refractivity contribution is 6.33. The molecule has 5 nitrogen and oxygen atoms in total. The number of halogens is 1. The van der Waals surface area contributed by atoms with Gasteiger partial charge in [-0.05, 0) is 30.4 Å². The average Bonchev–Trinajstić information content (AvgIpc) is 2.79. The molecular formula is C14H17ClN2O3. The zero-order chi connectivity index (χ0) is 14.6. The summed E-state index contributed by atoms with van der Waals surface area (Å²) in [6.07, 6.45) is 5.30. The molecule has 0 spiro atoms. The molecule has 20 heavy (non-hydrogen) atoms. The lowest BCUT2D eigenvalue weighted by molar-refractivity contribution is -0.140. The Morgan fingerprint density at radius 2 is 2.05 bits per heavy atom. The molecule has 1 aromatic heterocycles. The standard InChI is InChI=1S/C14H17ClN2O3/c15-10-4-3-7-16-13(10)17-11(18)8-14(9-12(19)20)5-1-2-6-14/h3-4,7H,1-2,5-6,8-9H2,(H,19,20)(H,16,17,18). The van der Waals surface area contributed by atoms with Crippen LogP contribution in [0.25, 0.3) is 0 Å². The Kier molecular flexibility index (Phi) is 4.60. The Hall–Kier alpha value is -1.62. The van der Waals surface area contributed by atoms with Crippen LogP contribution in [0.15, 0.2) is 18.3 Å². The topological polar surface area (TPSA) is 79.3 Å². The first-order chi connectivity index (χ1) is 9.51. The highest BCUT2D eigenvalue weighted by Gasteiger charge is 2.38. The van der Waals surface area contributed by atoms with Crippen LogP contribution in [-0.4, -0.2) is 22.0 Å². The molecule has 1 fully saturated rings. The van der Waals surface area contributed by atoms with E-state index >= 15 is 0 Å². The Bertz CT molecular complexity index is 513. The van der Waals surface area contributed by atoms with Crippen LogP contribution in [0.2, 0.25) is 5.02 Å². The van der Waals surface area contributed by atoms with E-state index in [0.717, 1.165) is 25.7 Å². The maximum atomic E-state index is 12.1. The number of aromatic nitrogens is 1. The van der Waals surface area contributed by atoms with Crippen molar-refractivity contribution in [3.63, 3.8) is 0 Å². The summed E-state index contributed by atoms with van der Waals surface area (Å²) >= 11 is 5.93. The van der Waals surface area contributed by atoms with Crippen molar-refractivity contribution in [2.45, 2.75) is 38.5 Å². The van der Waals surface area contributed by atoms with Crippen LogP contribution >= 0.6 is 11.6 Å². The minimum atomic E-state index is -0.851. The van der Waals surface area contributed by atoms with Gasteiger partial charge in [-0.3, -0.25) is 9.59 Å². The number of pyridine rings is 1. The molecule has 1 aliphatic carbocycles. The number of nitrogens with one attached hydrogen (secondary N) is 1. The molecule has 0 atom stereocenters. The summed E-state index contributed by atoms with van der Waals surface area (Å²) in [5.41, 5.74) is -0.419. The molecule has 0 aliphatic heterocycles. The van der Waals surface area contributed by atoms with E-state index in [-0.39, 0.29) is 18.7 Å². The first-order valence-corrected chi connectivity index (χ1v) is 7.01. The van der Waals surface area contributed by atoms with E-state index in [4.69, 9.17) is 16.7 Å². The van der Waals surface area contributed by atoms with Gasteiger partial charge in [-0.25, -0.2) is 4.98 Å². The Morgan fingerprint density at radius 1 is 1.35 bits per heavy atom. The molecule has 1 aliphatic rings. The predicted octanol–water partition coefficient (Wildman–Crippen LogP) is 3.10. The van der Waals surface area contributed by atoms with Crippen LogP contribution in [0.5, 0.6) is 0 Å². The SMILES string of the molecule is O=C(O)CC1(CC(=O)Nc2ncccc2Cl)CCCC1. The summed E-state index contributed by atoms with van der Waals surface area (Å²) in [5, 5.41) is 12.1. The second-order valence-electron chi connectivity index (χ2n) is 5.34. The van der Waals surface area contributed by atoms with E-state index in [1.807, 2.05) is 0 Å². The van der Waals surface area contributed by atoms with Crippen LogP contribution in [-0.2, 0) is 9.59 Å². The first kappa shape index (κ1) is 14.8. The maximum absolute atomic E-state index is 12.1. The number of carboxylic acid groups (broad SMARTS) is 1. The van der Waals surface area contributed by atoms with Gasteiger partial charge in [0.25, 0.3) is 0 Å². The predicted molar refractivity (Wildman–Crippen MR) is 75.6 cm³/mol. The Morgan fingerprint density at radius 3 is 2.65 bits per heavy atom. The summed E-state index contributed by atoms with van der Waals surface area (Å²) < 4.78 is 0. The van der Waals surface area contributed by atoms with Crippen molar-refractivity contribution < 1.29 is 14.7 Å². The molecule has 1 saturated carbocycles. The summed E-state index contributed by atoms with van der Waals surface area (Å²) in [5.74, 6) is -0.757. The number of amides is 1. The van der Waals surface area contributed by atoms with Crippen LogP contribution in [0.4, 0.5) is 5.82 Å². The molecule has 1 amide bonds. The van der Waals surface area contributed by atoms with Crippen molar-refractivity contribution in [3.05, 3.63) is 23.4 Å². The summed E-state index contributed by atoms with van der Waals surface area (Å²) in [6.45, 7) is 0. The number of hydrogen-bond acceptors (Lipinski definition) is 3. The van der Waals surface area contributed by atoms with Gasteiger partial charge in [-0.2, -0.15) is 0 Å². The van der Waals surface area contributed by atoms with E-state index in [0.29, 0.717) is 10.8 Å². The number of carboxylic acids is 1. The second-order valence-corrected chi connectivity index (χ2v) is 5.74. The lowest BCUT2D eigenvalue weighted by Crippen LogP contribution is -2.28. The molecule has 1 aromatic rings. The third-order valence-electron chi connectivity index (χ3n) is 3.74. The van der Waals surface area contributed by atoms with Crippen molar-refractivity contribution >= 4 is 29.3 Å². The largest absolute Gasteiger partial charge is 0.481 e. The molecule has 0 aromatic carbocycles. The number of rotatable bonds is 5. The average molecular weight is 297 g/mol. The number of carbonyl (C=O) groups excluding carboxylic acids is 1. The number of hydrogen-bond donors (Lipinski definition) is 2. The van der Waals surface area contributed by atoms with E-state index in [2.05, 4.69) is 10.3 Å². The minimum absolute atomic E-state index is 0.0381. The van der Waals surface area contributed by atoms with Gasteiger partial charge >= 0.3 is 5.97 Å². The van der Waals surface area contributed by atoms with Crippen LogP contribution in [0.3, 0.4) is 0 Å². The number of anilines is 1. The van der Waals surface area contributed by atoms with E-state index in [9.17, 15) is 9.59 Å². The summed E-state index contributed by atoms with van der Waals surface area (Å²) in [7, 11) is 0. The van der Waals surface area contributed by atoms with Gasteiger partial charge in [0.1, 0.15) is 0 Å².